The lowest BCUT2D eigenvalue weighted by molar-refractivity contribution is -0.121. The zero-order chi connectivity index (χ0) is 19.6. The van der Waals surface area contributed by atoms with Gasteiger partial charge in [-0.1, -0.05) is 0 Å². The molecule has 2 aromatic rings. The first-order valence-corrected chi connectivity index (χ1v) is 12.0. The molecule has 3 heterocycles. The number of carbonyl (C=O) groups is 2. The smallest absolute Gasteiger partial charge is 0.252 e. The van der Waals surface area contributed by atoms with Gasteiger partial charge in [-0.3, -0.25) is 9.59 Å². The summed E-state index contributed by atoms with van der Waals surface area (Å²) < 4.78 is 27.9. The summed E-state index contributed by atoms with van der Waals surface area (Å²) >= 11 is 5.63. The molecule has 2 aromatic heterocycles. The number of anilines is 1. The van der Waals surface area contributed by atoms with Crippen LogP contribution in [-0.4, -0.2) is 42.6 Å². The minimum Gasteiger partial charge on any atom is -0.369 e. The SMILES string of the molecule is NC(=O)Cc1csc(NC(=O)C2CCCN(S(=O)(=O)c3ccc(Br)s3)C2)n1. The molecule has 27 heavy (non-hydrogen) atoms. The van der Waals surface area contributed by atoms with Crippen molar-refractivity contribution >= 4 is 65.6 Å². The second kappa shape index (κ2) is 8.35. The van der Waals surface area contributed by atoms with E-state index >= 15 is 0 Å². The van der Waals surface area contributed by atoms with E-state index in [1.807, 2.05) is 0 Å². The van der Waals surface area contributed by atoms with Gasteiger partial charge in [0.05, 0.1) is 21.8 Å². The average Bonchev–Trinajstić information content (AvgIpc) is 3.24. The van der Waals surface area contributed by atoms with Crippen LogP contribution in [0.25, 0.3) is 0 Å². The molecule has 146 valence electrons. The number of nitrogens with one attached hydrogen (secondary N) is 1. The molecule has 12 heteroatoms. The number of primary amides is 1. The van der Waals surface area contributed by atoms with E-state index in [1.54, 1.807) is 17.5 Å². The lowest BCUT2D eigenvalue weighted by atomic mass is 9.99. The van der Waals surface area contributed by atoms with Crippen LogP contribution in [0.3, 0.4) is 0 Å². The standard InChI is InChI=1S/C15H17BrN4O4S3/c16-11-3-4-13(26-11)27(23,24)20-5-1-2-9(7-20)14(22)19-15-18-10(8-25-15)6-12(17)21/h3-4,8-9H,1-2,5-7H2,(H2,17,21)(H,18,19,22). The summed E-state index contributed by atoms with van der Waals surface area (Å²) in [6.07, 6.45) is 1.22. The maximum atomic E-state index is 12.8. The number of aromatic nitrogens is 1. The fourth-order valence-corrected chi connectivity index (χ4v) is 7.17. The van der Waals surface area contributed by atoms with Crippen molar-refractivity contribution in [2.45, 2.75) is 23.5 Å². The third kappa shape index (κ3) is 4.93. The van der Waals surface area contributed by atoms with Gasteiger partial charge < -0.3 is 11.1 Å². The molecule has 1 aliphatic rings. The van der Waals surface area contributed by atoms with Gasteiger partial charge in [-0.05, 0) is 40.9 Å². The van der Waals surface area contributed by atoms with Gasteiger partial charge in [0.2, 0.25) is 11.8 Å². The van der Waals surface area contributed by atoms with Crippen LogP contribution in [-0.2, 0) is 26.0 Å². The van der Waals surface area contributed by atoms with Crippen molar-refractivity contribution in [1.82, 2.24) is 9.29 Å². The van der Waals surface area contributed by atoms with Crippen molar-refractivity contribution in [3.8, 4) is 0 Å². The van der Waals surface area contributed by atoms with Crippen LogP contribution in [0, 0.1) is 5.92 Å². The summed E-state index contributed by atoms with van der Waals surface area (Å²) in [5.41, 5.74) is 5.63. The van der Waals surface area contributed by atoms with E-state index in [-0.39, 0.29) is 23.1 Å². The Labute approximate surface area is 173 Å². The van der Waals surface area contributed by atoms with Gasteiger partial charge in [-0.2, -0.15) is 4.31 Å². The molecule has 3 rings (SSSR count). The summed E-state index contributed by atoms with van der Waals surface area (Å²) in [5.74, 6) is -1.23. The number of hydrogen-bond donors (Lipinski definition) is 2. The van der Waals surface area contributed by atoms with E-state index in [0.29, 0.717) is 30.2 Å². The van der Waals surface area contributed by atoms with E-state index in [9.17, 15) is 18.0 Å². The zero-order valence-corrected chi connectivity index (χ0v) is 18.1. The monoisotopic (exact) mass is 492 g/mol. The Kier molecular flexibility index (Phi) is 6.31. The zero-order valence-electron chi connectivity index (χ0n) is 14.1. The number of halogens is 1. The number of thiazole rings is 1. The second-order valence-corrected chi connectivity index (χ2v) is 11.5. The summed E-state index contributed by atoms with van der Waals surface area (Å²) in [4.78, 5) is 27.6. The molecular weight excluding hydrogens is 476 g/mol. The minimum atomic E-state index is -3.61. The Morgan fingerprint density at radius 3 is 2.85 bits per heavy atom. The number of piperidine rings is 1. The Balaban J connectivity index is 1.66. The maximum Gasteiger partial charge on any atom is 0.252 e. The lowest BCUT2D eigenvalue weighted by Gasteiger charge is -2.30. The highest BCUT2D eigenvalue weighted by atomic mass is 79.9. The first kappa shape index (κ1) is 20.4. The summed E-state index contributed by atoms with van der Waals surface area (Å²) in [7, 11) is -3.61. The van der Waals surface area contributed by atoms with E-state index in [4.69, 9.17) is 5.73 Å². The predicted octanol–water partition coefficient (Wildman–Crippen LogP) is 2.03. The topological polar surface area (TPSA) is 122 Å². The summed E-state index contributed by atoms with van der Waals surface area (Å²) in [6, 6.07) is 3.25. The Bertz CT molecular complexity index is 956. The van der Waals surface area contributed by atoms with Gasteiger partial charge in [-0.25, -0.2) is 13.4 Å². The van der Waals surface area contributed by atoms with Gasteiger partial charge in [0, 0.05) is 18.5 Å². The van der Waals surface area contributed by atoms with Crippen LogP contribution >= 0.6 is 38.6 Å². The molecule has 1 saturated heterocycles. The highest BCUT2D eigenvalue weighted by Crippen LogP contribution is 2.31. The van der Waals surface area contributed by atoms with Crippen molar-refractivity contribution < 1.29 is 18.0 Å². The van der Waals surface area contributed by atoms with E-state index in [1.165, 1.54) is 15.6 Å². The third-order valence-corrected chi connectivity index (χ3v) is 8.80. The van der Waals surface area contributed by atoms with E-state index < -0.39 is 21.8 Å². The highest BCUT2D eigenvalue weighted by molar-refractivity contribution is 9.11. The van der Waals surface area contributed by atoms with Crippen LogP contribution < -0.4 is 11.1 Å². The van der Waals surface area contributed by atoms with Crippen molar-refractivity contribution in [2.75, 3.05) is 18.4 Å². The number of rotatable bonds is 6. The van der Waals surface area contributed by atoms with Gasteiger partial charge in [-0.15, -0.1) is 22.7 Å². The molecule has 1 atom stereocenters. The molecule has 8 nitrogen and oxygen atoms in total. The molecule has 1 aliphatic heterocycles. The quantitative estimate of drug-likeness (QED) is 0.638. The molecular formula is C15H17BrN4O4S3. The van der Waals surface area contributed by atoms with Crippen LogP contribution in [0.2, 0.25) is 0 Å². The Morgan fingerprint density at radius 1 is 1.41 bits per heavy atom. The predicted molar refractivity (Wildman–Crippen MR) is 107 cm³/mol. The first-order valence-electron chi connectivity index (χ1n) is 8.05. The fourth-order valence-electron chi connectivity index (χ4n) is 2.77. The first-order chi connectivity index (χ1) is 12.8. The van der Waals surface area contributed by atoms with Crippen molar-refractivity contribution in [3.05, 3.63) is 27.0 Å². The van der Waals surface area contributed by atoms with Crippen LogP contribution in [0.15, 0.2) is 25.5 Å². The van der Waals surface area contributed by atoms with Crippen molar-refractivity contribution in [1.29, 1.82) is 0 Å². The van der Waals surface area contributed by atoms with Crippen LogP contribution in [0.5, 0.6) is 0 Å². The van der Waals surface area contributed by atoms with Crippen molar-refractivity contribution in [2.24, 2.45) is 11.7 Å². The number of nitrogens with zero attached hydrogens (tertiary/aromatic N) is 2. The molecule has 3 N–H and O–H groups in total. The van der Waals surface area contributed by atoms with Crippen LogP contribution in [0.1, 0.15) is 18.5 Å². The summed E-state index contributed by atoms with van der Waals surface area (Å²) in [6.45, 7) is 0.519. The van der Waals surface area contributed by atoms with Gasteiger partial charge >= 0.3 is 0 Å². The molecule has 1 fully saturated rings. The number of sulfonamides is 1. The number of nitrogens with two attached hydrogens (primary N) is 1. The molecule has 0 saturated carbocycles. The molecule has 0 aromatic carbocycles. The third-order valence-electron chi connectivity index (χ3n) is 4.03. The number of amides is 2. The number of hydrogen-bond acceptors (Lipinski definition) is 7. The molecule has 1 unspecified atom stereocenters. The molecule has 0 radical (unpaired) electrons. The van der Waals surface area contributed by atoms with Gasteiger partial charge in [0.15, 0.2) is 5.13 Å². The molecule has 2 amide bonds. The Morgan fingerprint density at radius 2 is 2.19 bits per heavy atom. The molecule has 0 bridgehead atoms. The summed E-state index contributed by atoms with van der Waals surface area (Å²) in [5, 5.41) is 4.74. The second-order valence-electron chi connectivity index (χ2n) is 6.04. The van der Waals surface area contributed by atoms with Gasteiger partial charge in [0.25, 0.3) is 10.0 Å². The lowest BCUT2D eigenvalue weighted by Crippen LogP contribution is -2.43. The Hall–Kier alpha value is -1.34. The maximum absolute atomic E-state index is 12.8. The van der Waals surface area contributed by atoms with Crippen molar-refractivity contribution in [3.63, 3.8) is 0 Å². The van der Waals surface area contributed by atoms with Gasteiger partial charge in [0.1, 0.15) is 4.21 Å². The number of carbonyl (C=O) groups excluding carboxylic acids is 2. The van der Waals surface area contributed by atoms with E-state index in [2.05, 4.69) is 26.2 Å². The normalized spacial score (nSPS) is 18.3. The van der Waals surface area contributed by atoms with E-state index in [0.717, 1.165) is 15.1 Å². The molecule has 0 spiro atoms. The average molecular weight is 493 g/mol. The number of thiophene rings is 1. The molecule has 0 aliphatic carbocycles. The highest BCUT2D eigenvalue weighted by Gasteiger charge is 2.34. The minimum absolute atomic E-state index is 0.0121. The fraction of sp³-hybridized carbons (Fsp3) is 0.400. The largest absolute Gasteiger partial charge is 0.369 e. The van der Waals surface area contributed by atoms with Crippen LogP contribution in [0.4, 0.5) is 5.13 Å².